The van der Waals surface area contributed by atoms with Gasteiger partial charge in [-0.25, -0.2) is 0 Å². The number of carbonyl (C=O) groups is 2. The number of amides is 2. The molecule has 1 rings (SSSR count). The van der Waals surface area contributed by atoms with Crippen molar-refractivity contribution in [2.45, 2.75) is 13.1 Å². The summed E-state index contributed by atoms with van der Waals surface area (Å²) in [6.07, 6.45) is 1.29. The monoisotopic (exact) mass is 251 g/mol. The van der Waals surface area contributed by atoms with Crippen LogP contribution in [0, 0.1) is 0 Å². The second-order valence-corrected chi connectivity index (χ2v) is 3.62. The van der Waals surface area contributed by atoms with Gasteiger partial charge >= 0.3 is 0 Å². The molecule has 0 heterocycles. The summed E-state index contributed by atoms with van der Waals surface area (Å²) >= 11 is 0. The minimum Gasteiger partial charge on any atom is -0.478 e. The van der Waals surface area contributed by atoms with Gasteiger partial charge < -0.3 is 15.4 Å². The van der Waals surface area contributed by atoms with E-state index in [1.165, 1.54) is 0 Å². The van der Waals surface area contributed by atoms with E-state index in [1.807, 2.05) is 18.2 Å². The number of hydrogen-bond donors (Lipinski definition) is 3. The van der Waals surface area contributed by atoms with Crippen LogP contribution in [0.4, 0.5) is 0 Å². The third-order valence-electron chi connectivity index (χ3n) is 2.19. The first-order valence-electron chi connectivity index (χ1n) is 5.54. The first-order valence-corrected chi connectivity index (χ1v) is 5.54. The molecule has 0 aromatic heterocycles. The van der Waals surface area contributed by atoms with Crippen LogP contribution >= 0.6 is 0 Å². The minimum atomic E-state index is 0.394. The molecule has 0 bridgehead atoms. The molecule has 3 N–H and O–H groups in total. The highest BCUT2D eigenvalue weighted by molar-refractivity contribution is 5.48. The summed E-state index contributed by atoms with van der Waals surface area (Å²) in [7, 11) is 1.78. The lowest BCUT2D eigenvalue weighted by Crippen LogP contribution is -2.16. The second kappa shape index (κ2) is 8.08. The number of rotatable bonds is 9. The van der Waals surface area contributed by atoms with E-state index in [0.717, 1.165) is 11.1 Å². The third-order valence-corrected chi connectivity index (χ3v) is 2.19. The zero-order valence-corrected chi connectivity index (χ0v) is 10.2. The number of ether oxygens (including phenoxy) is 1. The standard InChI is InChI=1S/C12H17N3O3/c1-13-9-18-12-3-10(5-14-7-16)2-11(4-12)6-15-8-17/h2-4,7-8,13H,5-6,9H2,1H3,(H,14,16)(H,15,17). The van der Waals surface area contributed by atoms with Gasteiger partial charge in [0.15, 0.2) is 0 Å². The van der Waals surface area contributed by atoms with Crippen LogP contribution in [0.25, 0.3) is 0 Å². The Hall–Kier alpha value is -2.08. The van der Waals surface area contributed by atoms with E-state index in [9.17, 15) is 9.59 Å². The quantitative estimate of drug-likeness (QED) is 0.417. The largest absolute Gasteiger partial charge is 0.478 e. The number of hydrogen-bond acceptors (Lipinski definition) is 4. The SMILES string of the molecule is CNCOc1cc(CNC=O)cc(CNC=O)c1. The van der Waals surface area contributed by atoms with E-state index in [0.29, 0.717) is 38.4 Å². The lowest BCUT2D eigenvalue weighted by molar-refractivity contribution is -0.110. The first kappa shape index (κ1) is 14.0. The summed E-state index contributed by atoms with van der Waals surface area (Å²) in [4.78, 5) is 20.6. The van der Waals surface area contributed by atoms with Crippen LogP contribution in [0.3, 0.4) is 0 Å². The van der Waals surface area contributed by atoms with Crippen LogP contribution in [0.15, 0.2) is 18.2 Å². The number of benzene rings is 1. The van der Waals surface area contributed by atoms with Crippen molar-refractivity contribution in [1.82, 2.24) is 16.0 Å². The van der Waals surface area contributed by atoms with Crippen molar-refractivity contribution in [2.75, 3.05) is 13.8 Å². The van der Waals surface area contributed by atoms with Crippen LogP contribution in [0.1, 0.15) is 11.1 Å². The van der Waals surface area contributed by atoms with Gasteiger partial charge in [0.05, 0.1) is 0 Å². The lowest BCUT2D eigenvalue weighted by atomic mass is 10.1. The van der Waals surface area contributed by atoms with Crippen molar-refractivity contribution in [1.29, 1.82) is 0 Å². The molecule has 0 spiro atoms. The molecule has 1 aromatic carbocycles. The Morgan fingerprint density at radius 3 is 2.06 bits per heavy atom. The predicted octanol–water partition coefficient (Wildman–Crippen LogP) is -0.266. The van der Waals surface area contributed by atoms with Crippen LogP contribution in [-0.4, -0.2) is 26.6 Å². The third kappa shape index (κ3) is 4.84. The maximum absolute atomic E-state index is 10.3. The molecule has 0 atom stereocenters. The van der Waals surface area contributed by atoms with Crippen molar-refractivity contribution in [3.8, 4) is 5.75 Å². The summed E-state index contributed by atoms with van der Waals surface area (Å²) in [6.45, 7) is 1.24. The fraction of sp³-hybridized carbons (Fsp3) is 0.333. The zero-order chi connectivity index (χ0) is 13.2. The molecule has 0 unspecified atom stereocenters. The second-order valence-electron chi connectivity index (χ2n) is 3.62. The normalized spacial score (nSPS) is 9.61. The number of nitrogens with one attached hydrogen (secondary N) is 3. The average Bonchev–Trinajstić information content (AvgIpc) is 2.40. The molecular weight excluding hydrogens is 234 g/mol. The van der Waals surface area contributed by atoms with Crippen LogP contribution < -0.4 is 20.7 Å². The molecule has 0 fully saturated rings. The molecule has 0 aliphatic heterocycles. The van der Waals surface area contributed by atoms with E-state index >= 15 is 0 Å². The molecule has 2 amide bonds. The van der Waals surface area contributed by atoms with Crippen LogP contribution in [0.5, 0.6) is 5.75 Å². The first-order chi connectivity index (χ1) is 8.80. The van der Waals surface area contributed by atoms with E-state index < -0.39 is 0 Å². The van der Waals surface area contributed by atoms with Gasteiger partial charge in [-0.05, 0) is 30.3 Å². The Morgan fingerprint density at radius 2 is 1.61 bits per heavy atom. The molecule has 0 saturated carbocycles. The van der Waals surface area contributed by atoms with E-state index in [4.69, 9.17) is 4.74 Å². The smallest absolute Gasteiger partial charge is 0.207 e. The van der Waals surface area contributed by atoms with E-state index in [1.54, 1.807) is 7.05 Å². The molecule has 0 saturated heterocycles. The highest BCUT2D eigenvalue weighted by Gasteiger charge is 2.02. The predicted molar refractivity (Wildman–Crippen MR) is 66.8 cm³/mol. The Bertz CT molecular complexity index is 366. The van der Waals surface area contributed by atoms with Crippen molar-refractivity contribution >= 4 is 12.8 Å². The Labute approximate surface area is 106 Å². The van der Waals surface area contributed by atoms with E-state index in [-0.39, 0.29) is 0 Å². The van der Waals surface area contributed by atoms with Crippen LogP contribution in [-0.2, 0) is 22.7 Å². The van der Waals surface area contributed by atoms with Crippen molar-refractivity contribution in [2.24, 2.45) is 0 Å². The molecule has 0 aliphatic carbocycles. The Kier molecular flexibility index (Phi) is 6.27. The summed E-state index contributed by atoms with van der Waals surface area (Å²) in [5.74, 6) is 0.692. The highest BCUT2D eigenvalue weighted by atomic mass is 16.5. The maximum atomic E-state index is 10.3. The Morgan fingerprint density at radius 1 is 1.06 bits per heavy atom. The molecule has 0 aliphatic rings. The minimum absolute atomic E-state index is 0.394. The Balaban J connectivity index is 2.80. The van der Waals surface area contributed by atoms with Gasteiger partial charge in [-0.3, -0.25) is 14.9 Å². The van der Waals surface area contributed by atoms with Gasteiger partial charge in [0, 0.05) is 13.1 Å². The molecular formula is C12H17N3O3. The summed E-state index contributed by atoms with van der Waals surface area (Å²) in [5.41, 5.74) is 1.83. The fourth-order valence-corrected chi connectivity index (χ4v) is 1.49. The fourth-order valence-electron chi connectivity index (χ4n) is 1.49. The molecule has 98 valence electrons. The lowest BCUT2D eigenvalue weighted by Gasteiger charge is -2.10. The molecule has 18 heavy (non-hydrogen) atoms. The van der Waals surface area contributed by atoms with Gasteiger partial charge in [0.2, 0.25) is 12.8 Å². The maximum Gasteiger partial charge on any atom is 0.207 e. The van der Waals surface area contributed by atoms with Crippen molar-refractivity contribution < 1.29 is 14.3 Å². The molecule has 1 aromatic rings. The van der Waals surface area contributed by atoms with Gasteiger partial charge in [-0.2, -0.15) is 0 Å². The summed E-state index contributed by atoms with van der Waals surface area (Å²) < 4.78 is 5.45. The molecule has 0 radical (unpaired) electrons. The summed E-state index contributed by atoms with van der Waals surface area (Å²) in [6, 6.07) is 5.59. The van der Waals surface area contributed by atoms with E-state index in [2.05, 4.69) is 16.0 Å². The van der Waals surface area contributed by atoms with Gasteiger partial charge in [0.25, 0.3) is 0 Å². The molecule has 6 nitrogen and oxygen atoms in total. The van der Waals surface area contributed by atoms with Gasteiger partial charge in [-0.1, -0.05) is 6.07 Å². The zero-order valence-electron chi connectivity index (χ0n) is 10.2. The molecule has 6 heteroatoms. The average molecular weight is 251 g/mol. The van der Waals surface area contributed by atoms with Gasteiger partial charge in [-0.15, -0.1) is 0 Å². The van der Waals surface area contributed by atoms with Crippen LogP contribution in [0.2, 0.25) is 0 Å². The number of carbonyl (C=O) groups excluding carboxylic acids is 2. The summed E-state index contributed by atoms with van der Waals surface area (Å²) in [5, 5.41) is 8.05. The highest BCUT2D eigenvalue weighted by Crippen LogP contribution is 2.17. The topological polar surface area (TPSA) is 79.5 Å². The van der Waals surface area contributed by atoms with Crippen molar-refractivity contribution in [3.63, 3.8) is 0 Å². The van der Waals surface area contributed by atoms with Crippen molar-refractivity contribution in [3.05, 3.63) is 29.3 Å². The van der Waals surface area contributed by atoms with Gasteiger partial charge in [0.1, 0.15) is 12.5 Å².